The summed E-state index contributed by atoms with van der Waals surface area (Å²) in [5, 5.41) is 3.02. The highest BCUT2D eigenvalue weighted by atomic mass is 32.1. The van der Waals surface area contributed by atoms with Crippen LogP contribution in [0.3, 0.4) is 0 Å². The highest BCUT2D eigenvalue weighted by Crippen LogP contribution is 2.33. The normalized spacial score (nSPS) is 15.1. The predicted molar refractivity (Wildman–Crippen MR) is 113 cm³/mol. The Morgan fingerprint density at radius 2 is 2.11 bits per heavy atom. The van der Waals surface area contributed by atoms with Crippen LogP contribution in [0.25, 0.3) is 10.2 Å². The second-order valence-electron chi connectivity index (χ2n) is 6.85. The van der Waals surface area contributed by atoms with Gasteiger partial charge in [-0.25, -0.2) is 0 Å². The third kappa shape index (κ3) is 3.92. The number of thiophene rings is 1. The number of fused-ring (bicyclic) bond motifs is 1. The number of ether oxygens (including phenoxy) is 2. The van der Waals surface area contributed by atoms with Crippen LogP contribution in [0.4, 0.5) is 5.69 Å². The van der Waals surface area contributed by atoms with Crippen LogP contribution < -0.4 is 10.1 Å². The summed E-state index contributed by atoms with van der Waals surface area (Å²) in [4.78, 5) is 20.1. The zero-order chi connectivity index (χ0) is 19.5. The number of morpholine rings is 1. The van der Waals surface area contributed by atoms with Gasteiger partial charge in [-0.2, -0.15) is 0 Å². The lowest BCUT2D eigenvalue weighted by atomic mass is 10.2. The van der Waals surface area contributed by atoms with E-state index in [1.54, 1.807) is 11.3 Å². The highest BCUT2D eigenvalue weighted by molar-refractivity contribution is 7.19. The Morgan fingerprint density at radius 3 is 2.89 bits per heavy atom. The lowest BCUT2D eigenvalue weighted by Crippen LogP contribution is -2.36. The van der Waals surface area contributed by atoms with Crippen molar-refractivity contribution in [3.05, 3.63) is 46.5 Å². The number of aryl methyl sites for hydroxylation is 1. The molecule has 1 aromatic carbocycles. The van der Waals surface area contributed by atoms with Crippen LogP contribution in [0.5, 0.6) is 5.75 Å². The summed E-state index contributed by atoms with van der Waals surface area (Å²) in [6.07, 6.45) is 0. The van der Waals surface area contributed by atoms with E-state index in [1.807, 2.05) is 31.2 Å². The Bertz CT molecular complexity index is 973. The molecule has 0 bridgehead atoms. The fourth-order valence-corrected chi connectivity index (χ4v) is 4.53. The fourth-order valence-electron chi connectivity index (χ4n) is 3.52. The van der Waals surface area contributed by atoms with Gasteiger partial charge in [0.15, 0.2) is 0 Å². The van der Waals surface area contributed by atoms with Gasteiger partial charge in [0, 0.05) is 30.1 Å². The Hall–Kier alpha value is -2.35. The number of nitrogens with one attached hydrogen (secondary N) is 2. The summed E-state index contributed by atoms with van der Waals surface area (Å²) < 4.78 is 12.3. The number of rotatable bonds is 6. The van der Waals surface area contributed by atoms with Gasteiger partial charge in [-0.3, -0.25) is 9.69 Å². The zero-order valence-corrected chi connectivity index (χ0v) is 17.0. The monoisotopic (exact) mass is 399 g/mol. The van der Waals surface area contributed by atoms with Crippen molar-refractivity contribution >= 4 is 33.1 Å². The van der Waals surface area contributed by atoms with Crippen LogP contribution in [0.1, 0.15) is 27.9 Å². The van der Waals surface area contributed by atoms with E-state index in [0.29, 0.717) is 23.7 Å². The minimum Gasteiger partial charge on any atom is -0.492 e. The van der Waals surface area contributed by atoms with Crippen molar-refractivity contribution < 1.29 is 14.3 Å². The number of anilines is 1. The molecular weight excluding hydrogens is 374 g/mol. The van der Waals surface area contributed by atoms with Crippen molar-refractivity contribution in [1.82, 2.24) is 9.88 Å². The largest absolute Gasteiger partial charge is 0.492 e. The Balaban J connectivity index is 1.64. The van der Waals surface area contributed by atoms with E-state index in [2.05, 4.69) is 28.2 Å². The van der Waals surface area contributed by atoms with Gasteiger partial charge < -0.3 is 19.8 Å². The number of benzene rings is 1. The number of carbonyl (C=O) groups excluding carboxylic acids is 1. The van der Waals surface area contributed by atoms with Crippen molar-refractivity contribution in [3.63, 3.8) is 0 Å². The van der Waals surface area contributed by atoms with Gasteiger partial charge in [-0.15, -0.1) is 11.3 Å². The second-order valence-corrected chi connectivity index (χ2v) is 8.11. The first-order valence-electron chi connectivity index (χ1n) is 9.60. The van der Waals surface area contributed by atoms with Gasteiger partial charge in [0.2, 0.25) is 0 Å². The summed E-state index contributed by atoms with van der Waals surface area (Å²) in [5.41, 5.74) is 3.38. The Morgan fingerprint density at radius 1 is 1.32 bits per heavy atom. The van der Waals surface area contributed by atoms with Gasteiger partial charge in [0.1, 0.15) is 11.4 Å². The van der Waals surface area contributed by atoms with Crippen LogP contribution in [0, 0.1) is 6.92 Å². The Labute approximate surface area is 168 Å². The minimum absolute atomic E-state index is 0.142. The molecule has 6 nitrogen and oxygen atoms in total. The van der Waals surface area contributed by atoms with E-state index in [-0.39, 0.29) is 5.91 Å². The molecule has 1 fully saturated rings. The molecule has 4 rings (SSSR count). The van der Waals surface area contributed by atoms with Crippen LogP contribution in [0.15, 0.2) is 30.3 Å². The number of amides is 1. The summed E-state index contributed by atoms with van der Waals surface area (Å²) in [6, 6.07) is 9.62. The maximum absolute atomic E-state index is 13.1. The van der Waals surface area contributed by atoms with Gasteiger partial charge in [-0.1, -0.05) is 12.1 Å². The topological polar surface area (TPSA) is 66.6 Å². The molecule has 2 aromatic heterocycles. The smallest absolute Gasteiger partial charge is 0.272 e. The molecule has 7 heteroatoms. The summed E-state index contributed by atoms with van der Waals surface area (Å²) >= 11 is 1.73. The lowest BCUT2D eigenvalue weighted by molar-refractivity contribution is 0.0343. The third-order valence-electron chi connectivity index (χ3n) is 4.84. The maximum Gasteiger partial charge on any atom is 0.272 e. The van der Waals surface area contributed by atoms with E-state index in [9.17, 15) is 4.79 Å². The van der Waals surface area contributed by atoms with Crippen molar-refractivity contribution in [2.24, 2.45) is 0 Å². The number of aromatic nitrogens is 1. The number of aromatic amines is 1. The molecule has 3 heterocycles. The first-order chi connectivity index (χ1) is 13.7. The molecule has 0 atom stereocenters. The van der Waals surface area contributed by atoms with E-state index < -0.39 is 0 Å². The second kappa shape index (κ2) is 8.34. The molecule has 3 aromatic rings. The summed E-state index contributed by atoms with van der Waals surface area (Å²) in [5.74, 6) is 0.536. The van der Waals surface area contributed by atoms with Gasteiger partial charge in [-0.05, 0) is 32.0 Å². The first-order valence-corrected chi connectivity index (χ1v) is 10.4. The van der Waals surface area contributed by atoms with Crippen molar-refractivity contribution in [2.75, 3.05) is 38.2 Å². The average molecular weight is 400 g/mol. The first kappa shape index (κ1) is 19.0. The molecule has 1 amide bonds. The average Bonchev–Trinajstić information content (AvgIpc) is 3.21. The predicted octanol–water partition coefficient (Wildman–Crippen LogP) is 4.02. The van der Waals surface area contributed by atoms with E-state index >= 15 is 0 Å². The van der Waals surface area contributed by atoms with Crippen molar-refractivity contribution in [1.29, 1.82) is 0 Å². The molecule has 148 valence electrons. The fraction of sp³-hybridized carbons (Fsp3) is 0.381. The standard InChI is InChI=1S/C21H25N3O3S/c1-3-27-18-7-5-4-6-16(18)23-21(25)19-15(13-24-8-10-26-11-9-24)20-17(22-19)12-14(2)28-20/h4-7,12,22H,3,8-11,13H2,1-2H3,(H,23,25). The maximum atomic E-state index is 13.1. The zero-order valence-electron chi connectivity index (χ0n) is 16.2. The number of nitrogens with zero attached hydrogens (tertiary/aromatic N) is 1. The number of H-pyrrole nitrogens is 1. The molecule has 1 aliphatic rings. The van der Waals surface area contributed by atoms with Gasteiger partial charge >= 0.3 is 0 Å². The quantitative estimate of drug-likeness (QED) is 0.657. The SMILES string of the molecule is CCOc1ccccc1NC(=O)c1[nH]c2cc(C)sc2c1CN1CCOCC1. The van der Waals surface area contributed by atoms with Crippen LogP contribution in [-0.4, -0.2) is 48.7 Å². The summed E-state index contributed by atoms with van der Waals surface area (Å²) in [7, 11) is 0. The highest BCUT2D eigenvalue weighted by Gasteiger charge is 2.23. The molecule has 2 N–H and O–H groups in total. The van der Waals surface area contributed by atoms with Crippen LogP contribution in [-0.2, 0) is 11.3 Å². The number of carbonyl (C=O) groups is 1. The lowest BCUT2D eigenvalue weighted by Gasteiger charge is -2.26. The molecule has 0 radical (unpaired) electrons. The molecule has 0 aliphatic carbocycles. The molecule has 0 unspecified atom stereocenters. The van der Waals surface area contributed by atoms with E-state index in [4.69, 9.17) is 9.47 Å². The van der Waals surface area contributed by atoms with Crippen LogP contribution in [0.2, 0.25) is 0 Å². The minimum atomic E-state index is -0.142. The number of hydrogen-bond donors (Lipinski definition) is 2. The number of hydrogen-bond acceptors (Lipinski definition) is 5. The molecular formula is C21H25N3O3S. The summed E-state index contributed by atoms with van der Waals surface area (Å²) in [6.45, 7) is 8.54. The molecule has 28 heavy (non-hydrogen) atoms. The van der Waals surface area contributed by atoms with Gasteiger partial charge in [0.05, 0.1) is 35.7 Å². The molecule has 0 spiro atoms. The van der Waals surface area contributed by atoms with Crippen molar-refractivity contribution in [2.45, 2.75) is 20.4 Å². The molecule has 0 saturated carbocycles. The third-order valence-corrected chi connectivity index (χ3v) is 5.95. The van der Waals surface area contributed by atoms with Crippen molar-refractivity contribution in [3.8, 4) is 5.75 Å². The van der Waals surface area contributed by atoms with Crippen LogP contribution >= 0.6 is 11.3 Å². The number of para-hydroxylation sites is 2. The molecule has 1 saturated heterocycles. The Kier molecular flexibility index (Phi) is 5.66. The van der Waals surface area contributed by atoms with Gasteiger partial charge in [0.25, 0.3) is 5.91 Å². The van der Waals surface area contributed by atoms with E-state index in [0.717, 1.165) is 48.6 Å². The molecule has 1 aliphatic heterocycles. The van der Waals surface area contributed by atoms with E-state index in [1.165, 1.54) is 4.88 Å².